The molecule has 0 spiro atoms. The number of ether oxygens (including phenoxy) is 1. The zero-order valence-electron chi connectivity index (χ0n) is 15.1. The number of hydrogen-bond donors (Lipinski definition) is 0. The number of benzene rings is 2. The van der Waals surface area contributed by atoms with Crippen LogP contribution in [0.5, 0.6) is 0 Å². The van der Waals surface area contributed by atoms with Crippen LogP contribution in [0, 0.1) is 5.82 Å². The van der Waals surface area contributed by atoms with Gasteiger partial charge in [0.05, 0.1) is 12.1 Å². The van der Waals surface area contributed by atoms with Crippen molar-refractivity contribution >= 4 is 23.5 Å². The zero-order valence-corrected chi connectivity index (χ0v) is 15.9. The smallest absolute Gasteiger partial charge is 0.255 e. The van der Waals surface area contributed by atoms with Gasteiger partial charge in [-0.15, -0.1) is 0 Å². The van der Waals surface area contributed by atoms with E-state index in [1.165, 1.54) is 25.6 Å². The molecule has 0 unspecified atom stereocenters. The summed E-state index contributed by atoms with van der Waals surface area (Å²) in [6.07, 6.45) is 1.97. The third-order valence-corrected chi connectivity index (χ3v) is 5.12. The Morgan fingerprint density at radius 3 is 2.46 bits per heavy atom. The second-order valence-electron chi connectivity index (χ2n) is 6.57. The van der Waals surface area contributed by atoms with Gasteiger partial charge in [-0.25, -0.2) is 9.07 Å². The fourth-order valence-corrected chi connectivity index (χ4v) is 3.73. The third kappa shape index (κ3) is 3.39. The highest BCUT2D eigenvalue weighted by atomic mass is 35.5. The molecule has 0 aliphatic carbocycles. The highest BCUT2D eigenvalue weighted by molar-refractivity contribution is 6.30. The van der Waals surface area contributed by atoms with Gasteiger partial charge in [0, 0.05) is 12.1 Å². The van der Waals surface area contributed by atoms with Crippen molar-refractivity contribution in [2.45, 2.75) is 18.5 Å². The summed E-state index contributed by atoms with van der Waals surface area (Å²) < 4.78 is 20.2. The van der Waals surface area contributed by atoms with Crippen LogP contribution in [0.25, 0.3) is 0 Å². The summed E-state index contributed by atoms with van der Waals surface area (Å²) in [6, 6.07) is 13.2. The van der Waals surface area contributed by atoms with Gasteiger partial charge in [-0.05, 0) is 41.8 Å². The minimum atomic E-state index is -0.301. The SMILES string of the molecule is COCC(=O)N1c2ncnn2[C@H](c2ccc(F)cc2)C[C@H]1c1ccc(Cl)cc1. The van der Waals surface area contributed by atoms with Gasteiger partial charge in [-0.2, -0.15) is 10.1 Å². The lowest BCUT2D eigenvalue weighted by Crippen LogP contribution is -2.44. The van der Waals surface area contributed by atoms with Gasteiger partial charge < -0.3 is 4.74 Å². The van der Waals surface area contributed by atoms with E-state index < -0.39 is 0 Å². The van der Waals surface area contributed by atoms with Gasteiger partial charge in [-0.3, -0.25) is 9.69 Å². The van der Waals surface area contributed by atoms with Crippen LogP contribution in [0.1, 0.15) is 29.6 Å². The number of methoxy groups -OCH3 is 1. The highest BCUT2D eigenvalue weighted by Crippen LogP contribution is 2.41. The van der Waals surface area contributed by atoms with Gasteiger partial charge in [0.15, 0.2) is 0 Å². The molecule has 1 aliphatic heterocycles. The fourth-order valence-electron chi connectivity index (χ4n) is 3.60. The molecule has 2 heterocycles. The molecule has 0 N–H and O–H groups in total. The van der Waals surface area contributed by atoms with E-state index in [0.717, 1.165) is 11.1 Å². The first kappa shape index (κ1) is 18.6. The molecule has 4 rings (SSSR count). The normalized spacial score (nSPS) is 18.8. The molecule has 1 amide bonds. The van der Waals surface area contributed by atoms with E-state index in [9.17, 15) is 9.18 Å². The number of halogens is 2. The van der Waals surface area contributed by atoms with Crippen LogP contribution in [0.15, 0.2) is 54.9 Å². The number of aromatic nitrogens is 3. The number of hydrogen-bond acceptors (Lipinski definition) is 4. The molecule has 2 atom stereocenters. The second kappa shape index (κ2) is 7.69. The van der Waals surface area contributed by atoms with Crippen molar-refractivity contribution < 1.29 is 13.9 Å². The number of nitrogens with zero attached hydrogens (tertiary/aromatic N) is 4. The predicted molar refractivity (Wildman–Crippen MR) is 103 cm³/mol. The molecule has 8 heteroatoms. The molecule has 1 aliphatic rings. The van der Waals surface area contributed by atoms with Crippen LogP contribution >= 0.6 is 11.6 Å². The summed E-state index contributed by atoms with van der Waals surface area (Å²) in [5.41, 5.74) is 1.82. The summed E-state index contributed by atoms with van der Waals surface area (Å²) in [7, 11) is 1.48. The summed E-state index contributed by atoms with van der Waals surface area (Å²) in [4.78, 5) is 18.8. The summed E-state index contributed by atoms with van der Waals surface area (Å²) in [6.45, 7) is -0.0713. The second-order valence-corrected chi connectivity index (χ2v) is 7.01. The van der Waals surface area contributed by atoms with Gasteiger partial charge in [0.25, 0.3) is 5.91 Å². The van der Waals surface area contributed by atoms with Crippen molar-refractivity contribution in [1.82, 2.24) is 14.8 Å². The number of carbonyl (C=O) groups excluding carboxylic acids is 1. The van der Waals surface area contributed by atoms with Crippen molar-refractivity contribution in [3.05, 3.63) is 76.8 Å². The van der Waals surface area contributed by atoms with Crippen LogP contribution in [-0.4, -0.2) is 34.4 Å². The molecule has 6 nitrogen and oxygen atoms in total. The largest absolute Gasteiger partial charge is 0.375 e. The van der Waals surface area contributed by atoms with Crippen molar-refractivity contribution in [1.29, 1.82) is 0 Å². The van der Waals surface area contributed by atoms with E-state index in [0.29, 0.717) is 17.4 Å². The Balaban J connectivity index is 1.81. The van der Waals surface area contributed by atoms with E-state index in [4.69, 9.17) is 16.3 Å². The average Bonchev–Trinajstić information content (AvgIpc) is 3.18. The third-order valence-electron chi connectivity index (χ3n) is 4.87. The Hall–Kier alpha value is -2.77. The van der Waals surface area contributed by atoms with E-state index in [1.54, 1.807) is 33.8 Å². The highest BCUT2D eigenvalue weighted by Gasteiger charge is 2.39. The summed E-state index contributed by atoms with van der Waals surface area (Å²) in [5, 5.41) is 4.95. The fraction of sp³-hybridized carbons (Fsp3) is 0.250. The lowest BCUT2D eigenvalue weighted by molar-refractivity contribution is -0.123. The number of rotatable bonds is 4. The monoisotopic (exact) mass is 400 g/mol. The van der Waals surface area contributed by atoms with E-state index in [-0.39, 0.29) is 30.4 Å². The minimum Gasteiger partial charge on any atom is -0.375 e. The summed E-state index contributed by atoms with van der Waals surface area (Å²) >= 11 is 6.04. The molecule has 3 aromatic rings. The lowest BCUT2D eigenvalue weighted by atomic mass is 9.92. The Labute approximate surface area is 166 Å². The molecule has 1 aromatic heterocycles. The van der Waals surface area contributed by atoms with Crippen molar-refractivity contribution in [2.75, 3.05) is 18.6 Å². The van der Waals surface area contributed by atoms with Gasteiger partial charge >= 0.3 is 0 Å². The maximum absolute atomic E-state index is 13.4. The van der Waals surface area contributed by atoms with Crippen LogP contribution < -0.4 is 4.90 Å². The van der Waals surface area contributed by atoms with Crippen LogP contribution in [0.3, 0.4) is 0 Å². The number of carbonyl (C=O) groups is 1. The number of fused-ring (bicyclic) bond motifs is 1. The minimum absolute atomic E-state index is 0.0713. The summed E-state index contributed by atoms with van der Waals surface area (Å²) in [5.74, 6) is -0.0821. The molecule has 0 bridgehead atoms. The Bertz CT molecular complexity index is 975. The molecule has 144 valence electrons. The van der Waals surface area contributed by atoms with Crippen LogP contribution in [0.2, 0.25) is 5.02 Å². The van der Waals surface area contributed by atoms with Crippen molar-refractivity contribution in [3.63, 3.8) is 0 Å². The predicted octanol–water partition coefficient (Wildman–Crippen LogP) is 3.78. The Kier molecular flexibility index (Phi) is 5.11. The Morgan fingerprint density at radius 1 is 1.14 bits per heavy atom. The molecule has 0 saturated carbocycles. The first-order valence-corrected chi connectivity index (χ1v) is 9.17. The van der Waals surface area contributed by atoms with E-state index >= 15 is 0 Å². The first-order chi connectivity index (χ1) is 13.6. The maximum Gasteiger partial charge on any atom is 0.255 e. The molecule has 0 fully saturated rings. The van der Waals surface area contributed by atoms with Gasteiger partial charge in [0.2, 0.25) is 5.95 Å². The number of amides is 1. The first-order valence-electron chi connectivity index (χ1n) is 8.80. The van der Waals surface area contributed by atoms with Crippen LogP contribution in [0.4, 0.5) is 10.3 Å². The molecule has 28 heavy (non-hydrogen) atoms. The molecule has 0 radical (unpaired) electrons. The van der Waals surface area contributed by atoms with Crippen molar-refractivity contribution in [3.8, 4) is 0 Å². The maximum atomic E-state index is 13.4. The molecular weight excluding hydrogens is 383 g/mol. The quantitative estimate of drug-likeness (QED) is 0.668. The van der Waals surface area contributed by atoms with E-state index in [2.05, 4.69) is 10.1 Å². The van der Waals surface area contributed by atoms with Gasteiger partial charge in [0.1, 0.15) is 18.8 Å². The van der Waals surface area contributed by atoms with E-state index in [1.807, 2.05) is 12.1 Å². The molecular formula is C20H18ClFN4O2. The zero-order chi connectivity index (χ0) is 19.7. The molecule has 0 saturated heterocycles. The number of anilines is 1. The standard InChI is InChI=1S/C20H18ClFN4O2/c1-28-11-19(27)25-17(13-2-6-15(21)7-3-13)10-18(26-20(25)23-12-24-26)14-4-8-16(22)9-5-14/h2-9,12,17-18H,10-11H2,1H3/t17-,18-/m0/s1. The van der Waals surface area contributed by atoms with Crippen LogP contribution in [-0.2, 0) is 9.53 Å². The van der Waals surface area contributed by atoms with Gasteiger partial charge in [-0.1, -0.05) is 35.9 Å². The lowest BCUT2D eigenvalue weighted by Gasteiger charge is -2.39. The Morgan fingerprint density at radius 2 is 1.79 bits per heavy atom. The van der Waals surface area contributed by atoms with Crippen molar-refractivity contribution in [2.24, 2.45) is 0 Å². The average molecular weight is 401 g/mol. The molecule has 2 aromatic carbocycles. The topological polar surface area (TPSA) is 60.2 Å².